The van der Waals surface area contributed by atoms with Gasteiger partial charge in [0.25, 0.3) is 0 Å². The van der Waals surface area contributed by atoms with E-state index in [1.165, 1.54) is 0 Å². The van der Waals surface area contributed by atoms with E-state index in [0.29, 0.717) is 6.54 Å². The Kier molecular flexibility index (Phi) is 2.25. The largest absolute Gasteiger partial charge is 0.378 e. The number of nitrogens with zero attached hydrogens (tertiary/aromatic N) is 4. The number of aromatic amines is 1. The summed E-state index contributed by atoms with van der Waals surface area (Å²) in [6.07, 6.45) is 3.70. The van der Waals surface area contributed by atoms with Gasteiger partial charge in [-0.1, -0.05) is 17.3 Å². The standard InChI is InChI=1S/C11H12N6/c1-17-7-9(14-16-17)6-12-10-4-2-3-8-5-13-15-11(8)10/h2-5,7,12H,6H2,1H3,(H,13,15). The van der Waals surface area contributed by atoms with Crippen LogP contribution in [-0.4, -0.2) is 25.2 Å². The van der Waals surface area contributed by atoms with Crippen molar-refractivity contribution in [2.45, 2.75) is 6.54 Å². The van der Waals surface area contributed by atoms with Gasteiger partial charge in [0.1, 0.15) is 5.69 Å². The Morgan fingerprint density at radius 3 is 3.18 bits per heavy atom. The van der Waals surface area contributed by atoms with Crippen LogP contribution in [-0.2, 0) is 13.6 Å². The molecule has 0 aliphatic heterocycles. The molecule has 6 nitrogen and oxygen atoms in total. The summed E-state index contributed by atoms with van der Waals surface area (Å²) in [5.74, 6) is 0. The Hall–Kier alpha value is -2.37. The van der Waals surface area contributed by atoms with Gasteiger partial charge in [-0.3, -0.25) is 9.78 Å². The first-order valence-corrected chi connectivity index (χ1v) is 5.34. The van der Waals surface area contributed by atoms with Gasteiger partial charge >= 0.3 is 0 Å². The van der Waals surface area contributed by atoms with Crippen LogP contribution in [0, 0.1) is 0 Å². The highest BCUT2D eigenvalue weighted by Crippen LogP contribution is 2.20. The summed E-state index contributed by atoms with van der Waals surface area (Å²) in [5, 5.41) is 19.3. The van der Waals surface area contributed by atoms with Crippen molar-refractivity contribution in [3.8, 4) is 0 Å². The molecular weight excluding hydrogens is 216 g/mol. The fourth-order valence-corrected chi connectivity index (χ4v) is 1.78. The summed E-state index contributed by atoms with van der Waals surface area (Å²) in [5.41, 5.74) is 2.94. The van der Waals surface area contributed by atoms with E-state index in [1.54, 1.807) is 4.68 Å². The Morgan fingerprint density at radius 2 is 2.35 bits per heavy atom. The molecule has 3 rings (SSSR count). The molecule has 6 heteroatoms. The molecular formula is C11H12N6. The number of benzene rings is 1. The van der Waals surface area contributed by atoms with Gasteiger partial charge in [0, 0.05) is 18.6 Å². The molecule has 2 heterocycles. The van der Waals surface area contributed by atoms with Gasteiger partial charge < -0.3 is 5.32 Å². The fraction of sp³-hybridized carbons (Fsp3) is 0.182. The number of aryl methyl sites for hydroxylation is 1. The topological polar surface area (TPSA) is 71.4 Å². The fourth-order valence-electron chi connectivity index (χ4n) is 1.78. The molecule has 0 aliphatic carbocycles. The molecule has 0 spiro atoms. The van der Waals surface area contributed by atoms with E-state index in [4.69, 9.17) is 0 Å². The second-order valence-corrected chi connectivity index (χ2v) is 3.88. The van der Waals surface area contributed by atoms with Crippen LogP contribution in [0.1, 0.15) is 5.69 Å². The van der Waals surface area contributed by atoms with E-state index in [2.05, 4.69) is 25.8 Å². The van der Waals surface area contributed by atoms with Gasteiger partial charge in [0.15, 0.2) is 0 Å². The average Bonchev–Trinajstić information content (AvgIpc) is 2.94. The first kappa shape index (κ1) is 9.83. The Labute approximate surface area is 97.6 Å². The van der Waals surface area contributed by atoms with E-state index in [-0.39, 0.29) is 0 Å². The lowest BCUT2D eigenvalue weighted by Crippen LogP contribution is -2.00. The maximum Gasteiger partial charge on any atom is 0.102 e. The smallest absolute Gasteiger partial charge is 0.102 e. The second-order valence-electron chi connectivity index (χ2n) is 3.88. The molecule has 1 aromatic carbocycles. The number of nitrogens with one attached hydrogen (secondary N) is 2. The maximum absolute atomic E-state index is 4.02. The molecule has 0 bridgehead atoms. The molecule has 0 fully saturated rings. The lowest BCUT2D eigenvalue weighted by Gasteiger charge is -2.04. The van der Waals surface area contributed by atoms with E-state index >= 15 is 0 Å². The minimum atomic E-state index is 0.645. The van der Waals surface area contributed by atoms with Crippen LogP contribution in [0.2, 0.25) is 0 Å². The van der Waals surface area contributed by atoms with Gasteiger partial charge in [-0.15, -0.1) is 5.10 Å². The number of aromatic nitrogens is 5. The summed E-state index contributed by atoms with van der Waals surface area (Å²) in [6, 6.07) is 6.03. The van der Waals surface area contributed by atoms with Crippen LogP contribution in [0.5, 0.6) is 0 Å². The van der Waals surface area contributed by atoms with Crippen molar-refractivity contribution < 1.29 is 0 Å². The van der Waals surface area contributed by atoms with E-state index in [0.717, 1.165) is 22.3 Å². The highest BCUT2D eigenvalue weighted by molar-refractivity contribution is 5.89. The van der Waals surface area contributed by atoms with Gasteiger partial charge in [-0.05, 0) is 6.07 Å². The van der Waals surface area contributed by atoms with Gasteiger partial charge in [0.2, 0.25) is 0 Å². The summed E-state index contributed by atoms with van der Waals surface area (Å²) in [4.78, 5) is 0. The molecule has 0 radical (unpaired) electrons. The summed E-state index contributed by atoms with van der Waals surface area (Å²) in [6.45, 7) is 0.645. The molecule has 2 N–H and O–H groups in total. The lowest BCUT2D eigenvalue weighted by atomic mass is 10.2. The minimum Gasteiger partial charge on any atom is -0.378 e. The van der Waals surface area contributed by atoms with E-state index in [9.17, 15) is 0 Å². The van der Waals surface area contributed by atoms with Crippen LogP contribution < -0.4 is 5.32 Å². The summed E-state index contributed by atoms with van der Waals surface area (Å²) in [7, 11) is 1.85. The van der Waals surface area contributed by atoms with Crippen LogP contribution in [0.25, 0.3) is 10.9 Å². The lowest BCUT2D eigenvalue weighted by molar-refractivity contribution is 0.713. The third-order valence-corrected chi connectivity index (χ3v) is 2.59. The average molecular weight is 228 g/mol. The quantitative estimate of drug-likeness (QED) is 0.709. The molecule has 86 valence electrons. The molecule has 3 aromatic rings. The number of fused-ring (bicyclic) bond motifs is 1. The van der Waals surface area contributed by atoms with Crippen LogP contribution in [0.3, 0.4) is 0 Å². The van der Waals surface area contributed by atoms with E-state index in [1.807, 2.05) is 37.6 Å². The number of hydrogen-bond donors (Lipinski definition) is 2. The van der Waals surface area contributed by atoms with Crippen molar-refractivity contribution in [2.75, 3.05) is 5.32 Å². The van der Waals surface area contributed by atoms with Crippen molar-refractivity contribution in [1.29, 1.82) is 0 Å². The molecule has 0 saturated carbocycles. The Bertz CT molecular complexity index is 638. The SMILES string of the molecule is Cn1cc(CNc2cccc3cn[nH]c23)nn1. The van der Waals surface area contributed by atoms with Crippen LogP contribution in [0.4, 0.5) is 5.69 Å². The van der Waals surface area contributed by atoms with Crippen molar-refractivity contribution >= 4 is 16.6 Å². The Balaban J connectivity index is 1.83. The minimum absolute atomic E-state index is 0.645. The Morgan fingerprint density at radius 1 is 1.41 bits per heavy atom. The van der Waals surface area contributed by atoms with Crippen molar-refractivity contribution in [3.63, 3.8) is 0 Å². The monoisotopic (exact) mass is 228 g/mol. The normalized spacial score (nSPS) is 10.9. The summed E-state index contributed by atoms with van der Waals surface area (Å²) >= 11 is 0. The molecule has 17 heavy (non-hydrogen) atoms. The molecule has 0 amide bonds. The third-order valence-electron chi connectivity index (χ3n) is 2.59. The highest BCUT2D eigenvalue weighted by atomic mass is 15.4. The first-order chi connectivity index (χ1) is 8.33. The summed E-state index contributed by atoms with van der Waals surface area (Å²) < 4.78 is 1.69. The zero-order chi connectivity index (χ0) is 11.7. The number of hydrogen-bond acceptors (Lipinski definition) is 4. The number of rotatable bonds is 3. The van der Waals surface area contributed by atoms with Gasteiger partial charge in [-0.25, -0.2) is 0 Å². The zero-order valence-corrected chi connectivity index (χ0v) is 9.38. The van der Waals surface area contributed by atoms with Gasteiger partial charge in [0.05, 0.1) is 23.9 Å². The predicted molar refractivity (Wildman–Crippen MR) is 64.4 cm³/mol. The predicted octanol–water partition coefficient (Wildman–Crippen LogP) is 1.30. The molecule has 2 aromatic heterocycles. The van der Waals surface area contributed by atoms with Crippen molar-refractivity contribution in [2.24, 2.45) is 7.05 Å². The number of anilines is 1. The maximum atomic E-state index is 4.02. The van der Waals surface area contributed by atoms with Gasteiger partial charge in [-0.2, -0.15) is 5.10 Å². The second kappa shape index (κ2) is 3.89. The first-order valence-electron chi connectivity index (χ1n) is 5.34. The van der Waals surface area contributed by atoms with Crippen LogP contribution >= 0.6 is 0 Å². The molecule has 0 aliphatic rings. The molecule has 0 unspecified atom stereocenters. The van der Waals surface area contributed by atoms with Crippen LogP contribution in [0.15, 0.2) is 30.6 Å². The van der Waals surface area contributed by atoms with E-state index < -0.39 is 0 Å². The molecule has 0 atom stereocenters. The van der Waals surface area contributed by atoms with Crippen molar-refractivity contribution in [1.82, 2.24) is 25.2 Å². The third kappa shape index (κ3) is 1.84. The zero-order valence-electron chi connectivity index (χ0n) is 9.38. The number of H-pyrrole nitrogens is 1. The van der Waals surface area contributed by atoms with Crippen molar-refractivity contribution in [3.05, 3.63) is 36.3 Å². The number of para-hydroxylation sites is 1. The highest BCUT2D eigenvalue weighted by Gasteiger charge is 2.03. The molecule has 0 saturated heterocycles.